The molecule has 0 saturated carbocycles. The first-order valence-electron chi connectivity index (χ1n) is 5.88. The molecule has 1 fully saturated rings. The summed E-state index contributed by atoms with van der Waals surface area (Å²) in [7, 11) is 0. The number of rotatable bonds is 1. The van der Waals surface area contributed by atoms with Gasteiger partial charge in [-0.15, -0.1) is 0 Å². The Kier molecular flexibility index (Phi) is 3.07. The second-order valence-corrected chi connectivity index (χ2v) is 5.86. The van der Waals surface area contributed by atoms with Crippen LogP contribution in [0.5, 0.6) is 0 Å². The van der Waals surface area contributed by atoms with Crippen LogP contribution in [0.4, 0.5) is 0 Å². The number of thiocarbonyl (C=S) groups is 1. The van der Waals surface area contributed by atoms with E-state index in [0.717, 1.165) is 17.4 Å². The number of hydrogen-bond acceptors (Lipinski definition) is 2. The van der Waals surface area contributed by atoms with Gasteiger partial charge in [-0.3, -0.25) is 3.97 Å². The van der Waals surface area contributed by atoms with Crippen LogP contribution in [0.1, 0.15) is 12.8 Å². The van der Waals surface area contributed by atoms with Crippen molar-refractivity contribution in [2.24, 2.45) is 0 Å². The van der Waals surface area contributed by atoms with E-state index in [-0.39, 0.29) is 0 Å². The van der Waals surface area contributed by atoms with Crippen molar-refractivity contribution in [3.8, 4) is 0 Å². The van der Waals surface area contributed by atoms with Gasteiger partial charge in [-0.25, -0.2) is 0 Å². The first-order valence-corrected chi connectivity index (χ1v) is 7.06. The molecule has 0 radical (unpaired) electrons. The summed E-state index contributed by atoms with van der Waals surface area (Å²) in [6.07, 6.45) is 4.64. The summed E-state index contributed by atoms with van der Waals surface area (Å²) in [6, 6.07) is 10.5. The van der Waals surface area contributed by atoms with Gasteiger partial charge in [0, 0.05) is 36.6 Å². The van der Waals surface area contributed by atoms with E-state index in [4.69, 9.17) is 12.2 Å². The molecule has 88 valence electrons. The Morgan fingerprint density at radius 2 is 1.88 bits per heavy atom. The second kappa shape index (κ2) is 4.70. The molecule has 0 spiro atoms. The Bertz CT molecular complexity index is 541. The molecule has 1 saturated heterocycles. The van der Waals surface area contributed by atoms with Crippen molar-refractivity contribution < 1.29 is 0 Å². The molecule has 0 unspecified atom stereocenters. The fourth-order valence-electron chi connectivity index (χ4n) is 2.18. The molecular formula is C13H14N2S2. The number of para-hydroxylation sites is 1. The van der Waals surface area contributed by atoms with Crippen LogP contribution in [-0.2, 0) is 0 Å². The van der Waals surface area contributed by atoms with E-state index in [0.29, 0.717) is 0 Å². The fraction of sp³-hybridized carbons (Fsp3) is 0.308. The van der Waals surface area contributed by atoms with Crippen molar-refractivity contribution >= 4 is 39.4 Å². The van der Waals surface area contributed by atoms with Crippen LogP contribution in [0.25, 0.3) is 10.9 Å². The molecule has 2 aromatic rings. The molecular weight excluding hydrogens is 248 g/mol. The lowest BCUT2D eigenvalue weighted by Gasteiger charge is -2.17. The molecule has 4 heteroatoms. The third kappa shape index (κ3) is 2.19. The molecule has 17 heavy (non-hydrogen) atoms. The van der Waals surface area contributed by atoms with Gasteiger partial charge < -0.3 is 4.90 Å². The van der Waals surface area contributed by atoms with Crippen LogP contribution in [0.2, 0.25) is 0 Å². The maximum Gasteiger partial charge on any atom is 0.157 e. The van der Waals surface area contributed by atoms with Crippen LogP contribution >= 0.6 is 24.2 Å². The minimum Gasteiger partial charge on any atom is -0.356 e. The maximum atomic E-state index is 5.49. The van der Waals surface area contributed by atoms with E-state index < -0.39 is 0 Å². The molecule has 3 rings (SSSR count). The van der Waals surface area contributed by atoms with Crippen molar-refractivity contribution in [3.05, 3.63) is 36.5 Å². The zero-order valence-corrected chi connectivity index (χ0v) is 11.1. The summed E-state index contributed by atoms with van der Waals surface area (Å²) >= 11 is 7.14. The summed E-state index contributed by atoms with van der Waals surface area (Å²) in [5, 5.41) is 1.27. The monoisotopic (exact) mass is 262 g/mol. The highest BCUT2D eigenvalue weighted by molar-refractivity contribution is 8.22. The zero-order valence-electron chi connectivity index (χ0n) is 9.50. The van der Waals surface area contributed by atoms with E-state index in [9.17, 15) is 0 Å². The lowest BCUT2D eigenvalue weighted by molar-refractivity contribution is 0.539. The van der Waals surface area contributed by atoms with Gasteiger partial charge in [0.2, 0.25) is 0 Å². The molecule has 2 heterocycles. The summed E-state index contributed by atoms with van der Waals surface area (Å²) in [5.41, 5.74) is 1.24. The van der Waals surface area contributed by atoms with Gasteiger partial charge in [-0.2, -0.15) is 0 Å². The normalized spacial score (nSPS) is 15.6. The molecule has 0 amide bonds. The number of aromatic nitrogens is 1. The Hall–Kier alpha value is -1.00. The second-order valence-electron chi connectivity index (χ2n) is 4.25. The van der Waals surface area contributed by atoms with Gasteiger partial charge in [-0.1, -0.05) is 30.4 Å². The number of benzene rings is 1. The predicted molar refractivity (Wildman–Crippen MR) is 78.3 cm³/mol. The molecule has 1 aromatic carbocycles. The highest BCUT2D eigenvalue weighted by Gasteiger charge is 2.16. The quantitative estimate of drug-likeness (QED) is 0.727. The minimum atomic E-state index is 0.990. The summed E-state index contributed by atoms with van der Waals surface area (Å²) in [5.74, 6) is 0. The summed E-state index contributed by atoms with van der Waals surface area (Å²) in [4.78, 5) is 2.30. The largest absolute Gasteiger partial charge is 0.356 e. The third-order valence-corrected chi connectivity index (χ3v) is 4.52. The fourth-order valence-corrected chi connectivity index (χ4v) is 3.45. The average Bonchev–Trinajstić information content (AvgIpc) is 2.98. The smallest absolute Gasteiger partial charge is 0.157 e. The van der Waals surface area contributed by atoms with E-state index >= 15 is 0 Å². The van der Waals surface area contributed by atoms with Crippen molar-refractivity contribution in [2.75, 3.05) is 13.1 Å². The Morgan fingerprint density at radius 3 is 2.71 bits per heavy atom. The molecule has 2 nitrogen and oxygen atoms in total. The van der Waals surface area contributed by atoms with Gasteiger partial charge >= 0.3 is 0 Å². The molecule has 0 bridgehead atoms. The molecule has 1 aliphatic heterocycles. The lowest BCUT2D eigenvalue weighted by Crippen LogP contribution is -2.23. The molecule has 0 N–H and O–H groups in total. The van der Waals surface area contributed by atoms with Gasteiger partial charge in [0.25, 0.3) is 0 Å². The van der Waals surface area contributed by atoms with E-state index in [2.05, 4.69) is 45.4 Å². The van der Waals surface area contributed by atoms with Crippen LogP contribution in [0, 0.1) is 0 Å². The Morgan fingerprint density at radius 1 is 1.12 bits per heavy atom. The van der Waals surface area contributed by atoms with Crippen molar-refractivity contribution in [3.63, 3.8) is 0 Å². The topological polar surface area (TPSA) is 8.17 Å². The first kappa shape index (κ1) is 11.1. The SMILES string of the molecule is S=C(Sn1ccc2ccccc21)N1CCCC1. The van der Waals surface area contributed by atoms with Crippen molar-refractivity contribution in [2.45, 2.75) is 12.8 Å². The number of nitrogens with zero attached hydrogens (tertiary/aromatic N) is 2. The van der Waals surface area contributed by atoms with Gasteiger partial charge in [0.1, 0.15) is 0 Å². The van der Waals surface area contributed by atoms with Crippen molar-refractivity contribution in [1.82, 2.24) is 8.87 Å². The zero-order chi connectivity index (χ0) is 11.7. The summed E-state index contributed by atoms with van der Waals surface area (Å²) in [6.45, 7) is 2.23. The molecule has 1 aliphatic rings. The van der Waals surface area contributed by atoms with Gasteiger partial charge in [-0.05, 0) is 25.0 Å². The van der Waals surface area contributed by atoms with Crippen LogP contribution in [0.3, 0.4) is 0 Å². The van der Waals surface area contributed by atoms with Crippen molar-refractivity contribution in [1.29, 1.82) is 0 Å². The predicted octanol–water partition coefficient (Wildman–Crippen LogP) is 3.52. The molecule has 0 atom stereocenters. The highest BCUT2D eigenvalue weighted by Crippen LogP contribution is 2.24. The van der Waals surface area contributed by atoms with Crippen LogP contribution < -0.4 is 0 Å². The molecule has 0 aliphatic carbocycles. The van der Waals surface area contributed by atoms with Gasteiger partial charge in [0.05, 0.1) is 5.52 Å². The number of hydrogen-bond donors (Lipinski definition) is 0. The van der Waals surface area contributed by atoms with Gasteiger partial charge in [0.15, 0.2) is 4.32 Å². The average molecular weight is 262 g/mol. The number of likely N-dealkylation sites (tertiary alicyclic amines) is 1. The molecule has 1 aromatic heterocycles. The maximum absolute atomic E-state index is 5.49. The van der Waals surface area contributed by atoms with E-state index in [1.165, 1.54) is 23.7 Å². The number of fused-ring (bicyclic) bond motifs is 1. The third-order valence-electron chi connectivity index (χ3n) is 3.10. The van der Waals surface area contributed by atoms with Crippen LogP contribution in [-0.4, -0.2) is 26.3 Å². The minimum absolute atomic E-state index is 0.990. The Labute approximate surface area is 111 Å². The van der Waals surface area contributed by atoms with E-state index in [1.54, 1.807) is 11.9 Å². The Balaban J connectivity index is 1.82. The highest BCUT2D eigenvalue weighted by atomic mass is 32.2. The summed E-state index contributed by atoms with van der Waals surface area (Å²) < 4.78 is 3.15. The standard InChI is InChI=1S/C13H14N2S2/c16-13(14-8-3-4-9-14)17-15-10-7-11-5-1-2-6-12(11)15/h1-2,5-7,10H,3-4,8-9H2. The first-order chi connectivity index (χ1) is 8.34. The lowest BCUT2D eigenvalue weighted by atomic mass is 10.3. The van der Waals surface area contributed by atoms with E-state index in [1.807, 2.05) is 0 Å². The van der Waals surface area contributed by atoms with Crippen LogP contribution in [0.15, 0.2) is 36.5 Å².